The van der Waals surface area contributed by atoms with Gasteiger partial charge >= 0.3 is 0 Å². The molecule has 0 atom stereocenters. The monoisotopic (exact) mass is 448 g/mol. The van der Waals surface area contributed by atoms with Gasteiger partial charge in [0.05, 0.1) is 18.4 Å². The lowest BCUT2D eigenvalue weighted by molar-refractivity contribution is -0.129. The quantitative estimate of drug-likeness (QED) is 0.353. The molecule has 0 bridgehead atoms. The van der Waals surface area contributed by atoms with Gasteiger partial charge in [-0.15, -0.1) is 0 Å². The molecule has 1 aliphatic heterocycles. The number of carbonyl (C=O) groups is 1. The maximum Gasteiger partial charge on any atom is 0.224 e. The van der Waals surface area contributed by atoms with Crippen LogP contribution in [0.4, 0.5) is 15.9 Å². The Hall–Kier alpha value is -4.01. The number of ether oxygens (including phenoxy) is 1. The summed E-state index contributed by atoms with van der Waals surface area (Å²) in [7, 11) is 1.47. The normalized spacial score (nSPS) is 13.7. The van der Waals surface area contributed by atoms with E-state index in [0.29, 0.717) is 54.3 Å². The molecule has 9 heteroatoms. The Kier molecular flexibility index (Phi) is 6.21. The maximum atomic E-state index is 14.5. The van der Waals surface area contributed by atoms with Crippen molar-refractivity contribution in [3.8, 4) is 16.9 Å². The number of nitrogens with zero attached hydrogens (tertiary/aromatic N) is 4. The number of carbonyl (C=O) groups excluding carboxylic acids is 1. The molecular weight excluding hydrogens is 423 g/mol. The molecule has 33 heavy (non-hydrogen) atoms. The molecule has 0 spiro atoms. The van der Waals surface area contributed by atoms with Gasteiger partial charge in [0.25, 0.3) is 0 Å². The molecule has 4 rings (SSSR count). The third-order valence-corrected chi connectivity index (χ3v) is 5.78. The number of nitrogen functional groups attached to an aromatic ring is 1. The molecule has 0 radical (unpaired) electrons. The van der Waals surface area contributed by atoms with Crippen molar-refractivity contribution in [2.45, 2.75) is 6.92 Å². The first-order chi connectivity index (χ1) is 15.9. The van der Waals surface area contributed by atoms with E-state index in [-0.39, 0.29) is 17.2 Å². The Labute approximate surface area is 191 Å². The van der Waals surface area contributed by atoms with Crippen LogP contribution in [0.25, 0.3) is 11.1 Å². The topological polar surface area (TPSA) is 108 Å². The van der Waals surface area contributed by atoms with E-state index in [9.17, 15) is 9.18 Å². The van der Waals surface area contributed by atoms with Crippen LogP contribution in [0.5, 0.6) is 5.75 Å². The van der Waals surface area contributed by atoms with Gasteiger partial charge in [-0.05, 0) is 35.9 Å². The van der Waals surface area contributed by atoms with Crippen molar-refractivity contribution in [2.24, 2.45) is 0 Å². The van der Waals surface area contributed by atoms with Gasteiger partial charge in [0.1, 0.15) is 11.6 Å². The minimum Gasteiger partial charge on any atom is -0.496 e. The molecule has 0 unspecified atom stereocenters. The molecule has 1 saturated heterocycles. The number of anilines is 2. The molecule has 8 nitrogen and oxygen atoms in total. The van der Waals surface area contributed by atoms with Gasteiger partial charge in [0.15, 0.2) is 0 Å². The number of nitrogens with two attached hydrogens (primary N) is 1. The first kappa shape index (κ1) is 22.2. The van der Waals surface area contributed by atoms with E-state index in [0.717, 1.165) is 5.82 Å². The average molecular weight is 449 g/mol. The van der Waals surface area contributed by atoms with Gasteiger partial charge in [0, 0.05) is 62.3 Å². The van der Waals surface area contributed by atoms with Gasteiger partial charge in [-0.1, -0.05) is 6.07 Å². The predicted molar refractivity (Wildman–Crippen MR) is 125 cm³/mol. The zero-order valence-electron chi connectivity index (χ0n) is 18.5. The van der Waals surface area contributed by atoms with E-state index in [4.69, 9.17) is 15.9 Å². The fraction of sp³-hybridized carbons (Fsp3) is 0.250. The zero-order chi connectivity index (χ0) is 23.5. The zero-order valence-corrected chi connectivity index (χ0v) is 18.5. The highest BCUT2D eigenvalue weighted by Crippen LogP contribution is 2.33. The van der Waals surface area contributed by atoms with E-state index in [1.807, 2.05) is 6.07 Å². The summed E-state index contributed by atoms with van der Waals surface area (Å²) in [5, 5.41) is 8.80. The number of benzene rings is 1. The molecule has 1 amide bonds. The van der Waals surface area contributed by atoms with Crippen molar-refractivity contribution in [3.05, 3.63) is 65.9 Å². The summed E-state index contributed by atoms with van der Waals surface area (Å²) in [6, 6.07) is 10.2. The SMILES string of the molecule is COc1ccnc(F)c1-c1ccc(N)c(C(=N)c2ccnc(N3CCN(C(C)=O)CC3)c2)c1. The minimum absolute atomic E-state index is 0.0650. The lowest BCUT2D eigenvalue weighted by Gasteiger charge is -2.35. The minimum atomic E-state index is -0.660. The second kappa shape index (κ2) is 9.23. The van der Waals surface area contributed by atoms with Crippen LogP contribution in [0.2, 0.25) is 0 Å². The Morgan fingerprint density at radius 3 is 2.52 bits per heavy atom. The number of hydrogen-bond acceptors (Lipinski definition) is 7. The molecule has 3 heterocycles. The number of amides is 1. The summed E-state index contributed by atoms with van der Waals surface area (Å²) in [5.74, 6) is 0.485. The Bertz CT molecular complexity index is 1210. The lowest BCUT2D eigenvalue weighted by Crippen LogP contribution is -2.48. The third-order valence-electron chi connectivity index (χ3n) is 5.78. The van der Waals surface area contributed by atoms with E-state index in [1.54, 1.807) is 48.4 Å². The molecule has 170 valence electrons. The van der Waals surface area contributed by atoms with Crippen molar-refractivity contribution >= 4 is 23.1 Å². The van der Waals surface area contributed by atoms with E-state index in [2.05, 4.69) is 14.9 Å². The summed E-state index contributed by atoms with van der Waals surface area (Å²) < 4.78 is 19.8. The third kappa shape index (κ3) is 4.48. The van der Waals surface area contributed by atoms with Crippen molar-refractivity contribution < 1.29 is 13.9 Å². The largest absolute Gasteiger partial charge is 0.496 e. The number of piperazine rings is 1. The van der Waals surface area contributed by atoms with Crippen LogP contribution in [-0.4, -0.2) is 59.8 Å². The number of halogens is 1. The Balaban J connectivity index is 1.64. The second-order valence-electron chi connectivity index (χ2n) is 7.75. The molecular formula is C24H25FN6O2. The molecule has 2 aromatic heterocycles. The van der Waals surface area contributed by atoms with Gasteiger partial charge in [-0.2, -0.15) is 4.39 Å². The second-order valence-corrected chi connectivity index (χ2v) is 7.75. The molecule has 3 N–H and O–H groups in total. The molecule has 3 aromatic rings. The van der Waals surface area contributed by atoms with Gasteiger partial charge in [-0.3, -0.25) is 10.2 Å². The summed E-state index contributed by atoms with van der Waals surface area (Å²) >= 11 is 0. The van der Waals surface area contributed by atoms with Crippen molar-refractivity contribution in [1.29, 1.82) is 5.41 Å². The number of aromatic nitrogens is 2. The van der Waals surface area contributed by atoms with Gasteiger partial charge in [-0.25, -0.2) is 9.97 Å². The molecule has 1 aliphatic rings. The molecule has 1 aromatic carbocycles. The molecule has 1 fully saturated rings. The molecule has 0 saturated carbocycles. The number of nitrogens with one attached hydrogen (secondary N) is 1. The van der Waals surface area contributed by atoms with Gasteiger partial charge in [0.2, 0.25) is 11.9 Å². The van der Waals surface area contributed by atoms with Crippen LogP contribution < -0.4 is 15.4 Å². The number of rotatable bonds is 5. The lowest BCUT2D eigenvalue weighted by atomic mass is 9.96. The van der Waals surface area contributed by atoms with Crippen LogP contribution in [0, 0.1) is 11.4 Å². The van der Waals surface area contributed by atoms with Crippen molar-refractivity contribution in [2.75, 3.05) is 43.9 Å². The maximum absolute atomic E-state index is 14.5. The smallest absolute Gasteiger partial charge is 0.224 e. The summed E-state index contributed by atoms with van der Waals surface area (Å²) in [6.45, 7) is 4.17. The highest BCUT2D eigenvalue weighted by molar-refractivity contribution is 6.14. The summed E-state index contributed by atoms with van der Waals surface area (Å²) in [5.41, 5.74) is 8.63. The van der Waals surface area contributed by atoms with Gasteiger partial charge < -0.3 is 20.3 Å². The summed E-state index contributed by atoms with van der Waals surface area (Å²) in [4.78, 5) is 23.7. The predicted octanol–water partition coefficient (Wildman–Crippen LogP) is 2.96. The number of methoxy groups -OCH3 is 1. The standard InChI is InChI=1S/C24H25FN6O2/c1-15(32)30-9-11-31(12-10-30)21-14-17(5-7-28-21)23(27)18-13-16(3-4-19(18)26)22-20(33-2)6-8-29-24(22)25/h3-8,13-14,27H,9-12,26H2,1-2H3. The van der Waals surface area contributed by atoms with Crippen LogP contribution in [-0.2, 0) is 4.79 Å². The van der Waals surface area contributed by atoms with Crippen molar-refractivity contribution in [1.82, 2.24) is 14.9 Å². The first-order valence-electron chi connectivity index (χ1n) is 10.5. The fourth-order valence-corrected chi connectivity index (χ4v) is 3.93. The van der Waals surface area contributed by atoms with Crippen molar-refractivity contribution in [3.63, 3.8) is 0 Å². The highest BCUT2D eigenvalue weighted by atomic mass is 19.1. The fourth-order valence-electron chi connectivity index (χ4n) is 3.93. The summed E-state index contributed by atoms with van der Waals surface area (Å²) in [6.07, 6.45) is 2.99. The highest BCUT2D eigenvalue weighted by Gasteiger charge is 2.21. The van der Waals surface area contributed by atoms with Crippen LogP contribution in [0.3, 0.4) is 0 Å². The number of hydrogen-bond donors (Lipinski definition) is 2. The Morgan fingerprint density at radius 1 is 1.09 bits per heavy atom. The van der Waals surface area contributed by atoms with Crippen LogP contribution in [0.15, 0.2) is 48.8 Å². The van der Waals surface area contributed by atoms with E-state index < -0.39 is 5.95 Å². The number of pyridine rings is 2. The Morgan fingerprint density at radius 2 is 1.82 bits per heavy atom. The molecule has 0 aliphatic carbocycles. The van der Waals surface area contributed by atoms with Crippen LogP contribution in [0.1, 0.15) is 18.1 Å². The van der Waals surface area contributed by atoms with Crippen LogP contribution >= 0.6 is 0 Å². The van der Waals surface area contributed by atoms with E-state index in [1.165, 1.54) is 13.3 Å². The first-order valence-corrected chi connectivity index (χ1v) is 10.5. The average Bonchev–Trinajstić information content (AvgIpc) is 2.84. The van der Waals surface area contributed by atoms with E-state index >= 15 is 0 Å².